The summed E-state index contributed by atoms with van der Waals surface area (Å²) in [5, 5.41) is 18.8. The number of rotatable bonds is 2. The number of anilines is 1. The normalized spacial score (nSPS) is 32.8. The average molecular weight is 259 g/mol. The second-order valence-electron chi connectivity index (χ2n) is 4.24. The molecule has 0 amide bonds. The van der Waals surface area contributed by atoms with Crippen molar-refractivity contribution in [2.45, 2.75) is 12.1 Å². The zero-order valence-electron chi connectivity index (χ0n) is 9.06. The van der Waals surface area contributed by atoms with Crippen molar-refractivity contribution in [1.82, 2.24) is 9.55 Å². The van der Waals surface area contributed by atoms with E-state index >= 15 is 0 Å². The molecule has 1 fully saturated rings. The number of nitrogen functional groups attached to an aromatic ring is 1. The molecule has 0 spiro atoms. The van der Waals surface area contributed by atoms with Crippen molar-refractivity contribution >= 4 is 13.0 Å². The lowest BCUT2D eigenvalue weighted by atomic mass is 10.2. The quantitative estimate of drug-likeness (QED) is 0.589. The fourth-order valence-electron chi connectivity index (χ4n) is 2.07. The predicted molar refractivity (Wildman–Crippen MR) is 62.4 cm³/mol. The summed E-state index contributed by atoms with van der Waals surface area (Å²) in [6, 6.07) is 0.838. The second kappa shape index (κ2) is 4.25. The van der Waals surface area contributed by atoms with Gasteiger partial charge in [0.1, 0.15) is 13.0 Å². The van der Waals surface area contributed by atoms with Gasteiger partial charge in [-0.1, -0.05) is 0 Å². The Balaban J connectivity index is 2.36. The van der Waals surface area contributed by atoms with Crippen molar-refractivity contribution in [3.05, 3.63) is 22.7 Å². The van der Waals surface area contributed by atoms with Gasteiger partial charge < -0.3 is 20.5 Å². The molecule has 1 aliphatic rings. The average Bonchev–Trinajstić information content (AvgIpc) is 2.55. The van der Waals surface area contributed by atoms with Gasteiger partial charge in [0.25, 0.3) is 0 Å². The summed E-state index contributed by atoms with van der Waals surface area (Å²) < 4.78 is 13.2. The summed E-state index contributed by atoms with van der Waals surface area (Å²) in [5.41, 5.74) is 4.78. The Labute approximate surface area is 97.3 Å². The fourth-order valence-corrected chi connectivity index (χ4v) is 4.47. The van der Waals surface area contributed by atoms with Crippen molar-refractivity contribution in [3.8, 4) is 0 Å². The van der Waals surface area contributed by atoms with Crippen LogP contribution in [0.25, 0.3) is 0 Å². The van der Waals surface area contributed by atoms with Crippen LogP contribution in [0.4, 0.5) is 5.82 Å². The summed E-state index contributed by atoms with van der Waals surface area (Å²) in [7, 11) is -2.77. The largest absolute Gasteiger partial charge is 0.390 e. The number of aliphatic hydroxyl groups excluding tert-OH is 2. The van der Waals surface area contributed by atoms with Gasteiger partial charge in [-0.2, -0.15) is 4.98 Å². The number of nitrogens with zero attached hydrogens (tertiary/aromatic N) is 2. The van der Waals surface area contributed by atoms with Gasteiger partial charge in [-0.15, -0.1) is 0 Å². The molecule has 0 unspecified atom stereocenters. The third-order valence-corrected chi connectivity index (χ3v) is 5.54. The van der Waals surface area contributed by atoms with Gasteiger partial charge in [0.15, 0.2) is 0 Å². The number of aliphatic hydroxyl groups is 2. The van der Waals surface area contributed by atoms with Crippen molar-refractivity contribution in [2.24, 2.45) is 0 Å². The van der Waals surface area contributed by atoms with E-state index in [-0.39, 0.29) is 18.1 Å². The number of aromatic nitrogens is 2. The van der Waals surface area contributed by atoms with Crippen LogP contribution in [0, 0.1) is 0 Å². The molecule has 1 aliphatic heterocycles. The van der Waals surface area contributed by atoms with Gasteiger partial charge in [0, 0.05) is 18.5 Å². The Kier molecular flexibility index (Phi) is 3.07. The molecule has 3 atom stereocenters. The van der Waals surface area contributed by atoms with Crippen LogP contribution >= 0.6 is 7.14 Å². The molecular weight excluding hydrogens is 245 g/mol. The molecule has 0 bridgehead atoms. The first kappa shape index (κ1) is 12.3. The van der Waals surface area contributed by atoms with Crippen LogP contribution in [-0.2, 0) is 4.57 Å². The fraction of sp³-hybridized carbons (Fsp3) is 0.556. The maximum absolute atomic E-state index is 12.0. The van der Waals surface area contributed by atoms with Gasteiger partial charge in [-0.05, 0) is 6.07 Å². The van der Waals surface area contributed by atoms with Crippen molar-refractivity contribution in [1.29, 1.82) is 0 Å². The van der Waals surface area contributed by atoms with Crippen LogP contribution in [-0.4, -0.2) is 44.5 Å². The van der Waals surface area contributed by atoms with Crippen LogP contribution in [0.1, 0.15) is 6.04 Å². The predicted octanol–water partition coefficient (Wildman–Crippen LogP) is -0.946. The van der Waals surface area contributed by atoms with E-state index in [2.05, 4.69) is 4.98 Å². The Morgan fingerprint density at radius 3 is 2.82 bits per heavy atom. The first-order valence-corrected chi connectivity index (χ1v) is 7.42. The van der Waals surface area contributed by atoms with Gasteiger partial charge in [0.2, 0.25) is 0 Å². The Morgan fingerprint density at radius 1 is 1.59 bits per heavy atom. The van der Waals surface area contributed by atoms with Gasteiger partial charge in [-0.3, -0.25) is 4.57 Å². The summed E-state index contributed by atoms with van der Waals surface area (Å²) in [6.07, 6.45) is 0.209. The maximum atomic E-state index is 12.0. The maximum Gasteiger partial charge on any atom is 0.349 e. The summed E-state index contributed by atoms with van der Waals surface area (Å²) in [5.74, 6) is 0.101. The van der Waals surface area contributed by atoms with Crippen LogP contribution in [0.15, 0.2) is 17.1 Å². The standard InChI is InChI=1S/C9H14N3O4P/c10-8-1-2-12(9(15)11-8)6-3-17(16,5-13)4-7(6)14/h1-2,6-7,13-14H,3-5H2,(H2,10,11,15)/t6-,7-,17-/m0/s1. The molecule has 1 aromatic heterocycles. The molecule has 1 saturated heterocycles. The van der Waals surface area contributed by atoms with Crippen molar-refractivity contribution < 1.29 is 14.8 Å². The number of hydrogen-bond acceptors (Lipinski definition) is 6. The highest BCUT2D eigenvalue weighted by molar-refractivity contribution is 7.64. The second-order valence-corrected chi connectivity index (χ2v) is 7.37. The van der Waals surface area contributed by atoms with E-state index in [0.29, 0.717) is 0 Å². The molecule has 2 rings (SSSR count). The smallest absolute Gasteiger partial charge is 0.349 e. The third-order valence-electron chi connectivity index (χ3n) is 2.95. The Bertz CT molecular complexity index is 529. The lowest BCUT2D eigenvalue weighted by molar-refractivity contribution is 0.150. The SMILES string of the molecule is Nc1ccn([C@H]2C[P@@](=O)(CO)C[C@@H]2O)c(=O)n1. The van der Waals surface area contributed by atoms with Gasteiger partial charge >= 0.3 is 5.69 Å². The molecule has 0 aliphatic carbocycles. The van der Waals surface area contributed by atoms with Crippen LogP contribution in [0.3, 0.4) is 0 Å². The van der Waals surface area contributed by atoms with Gasteiger partial charge in [-0.25, -0.2) is 4.79 Å². The molecule has 0 aromatic carbocycles. The lowest BCUT2D eigenvalue weighted by Crippen LogP contribution is -2.32. The molecule has 0 saturated carbocycles. The van der Waals surface area contributed by atoms with Crippen LogP contribution < -0.4 is 11.4 Å². The molecule has 17 heavy (non-hydrogen) atoms. The van der Waals surface area contributed by atoms with E-state index in [1.807, 2.05) is 0 Å². The number of hydrogen-bond donors (Lipinski definition) is 3. The highest BCUT2D eigenvalue weighted by atomic mass is 31.2. The summed E-state index contributed by atoms with van der Waals surface area (Å²) >= 11 is 0. The molecule has 2 heterocycles. The van der Waals surface area contributed by atoms with Crippen LogP contribution in [0.2, 0.25) is 0 Å². The third kappa shape index (κ3) is 2.26. The minimum atomic E-state index is -2.77. The molecule has 1 aromatic rings. The van der Waals surface area contributed by atoms with E-state index in [4.69, 9.17) is 10.8 Å². The first-order valence-electron chi connectivity index (χ1n) is 5.16. The Hall–Kier alpha value is -1.17. The van der Waals surface area contributed by atoms with E-state index in [9.17, 15) is 14.5 Å². The first-order chi connectivity index (χ1) is 7.95. The molecule has 4 N–H and O–H groups in total. The monoisotopic (exact) mass is 259 g/mol. The molecule has 0 radical (unpaired) electrons. The number of nitrogens with two attached hydrogens (primary N) is 1. The summed E-state index contributed by atoms with van der Waals surface area (Å²) in [6.45, 7) is 0. The minimum absolute atomic E-state index is 0.0327. The molecule has 8 heteroatoms. The minimum Gasteiger partial charge on any atom is -0.390 e. The lowest BCUT2D eigenvalue weighted by Gasteiger charge is -2.16. The Morgan fingerprint density at radius 2 is 2.29 bits per heavy atom. The summed E-state index contributed by atoms with van der Waals surface area (Å²) in [4.78, 5) is 15.1. The zero-order valence-corrected chi connectivity index (χ0v) is 9.96. The molecule has 94 valence electrons. The highest BCUT2D eigenvalue weighted by Crippen LogP contribution is 2.54. The van der Waals surface area contributed by atoms with Gasteiger partial charge in [0.05, 0.1) is 18.5 Å². The molecular formula is C9H14N3O4P. The van der Waals surface area contributed by atoms with E-state index in [0.717, 1.165) is 0 Å². The zero-order chi connectivity index (χ0) is 12.6. The van der Waals surface area contributed by atoms with E-state index < -0.39 is 31.3 Å². The van der Waals surface area contributed by atoms with E-state index in [1.54, 1.807) is 0 Å². The molecule has 7 nitrogen and oxygen atoms in total. The van der Waals surface area contributed by atoms with Crippen molar-refractivity contribution in [2.75, 3.05) is 24.4 Å². The van der Waals surface area contributed by atoms with Crippen LogP contribution in [0.5, 0.6) is 0 Å². The topological polar surface area (TPSA) is 118 Å². The van der Waals surface area contributed by atoms with E-state index in [1.165, 1.54) is 16.8 Å². The van der Waals surface area contributed by atoms with Crippen molar-refractivity contribution in [3.63, 3.8) is 0 Å². The highest BCUT2D eigenvalue weighted by Gasteiger charge is 2.41.